The van der Waals surface area contributed by atoms with Gasteiger partial charge in [0.1, 0.15) is 0 Å². The highest BCUT2D eigenvalue weighted by Crippen LogP contribution is 2.87. The zero-order valence-electron chi connectivity index (χ0n) is 19.6. The summed E-state index contributed by atoms with van der Waals surface area (Å²) in [6, 6.07) is 0.390. The van der Waals surface area contributed by atoms with Crippen LogP contribution in [0.5, 0.6) is 0 Å². The molecule has 5 aliphatic rings. The van der Waals surface area contributed by atoms with Crippen LogP contribution in [0, 0.1) is 44.8 Å². The molecule has 5 aliphatic carbocycles. The van der Waals surface area contributed by atoms with Gasteiger partial charge in [-0.2, -0.15) is 0 Å². The second kappa shape index (κ2) is 5.57. The van der Waals surface area contributed by atoms with Gasteiger partial charge in [0.25, 0.3) is 0 Å². The number of aliphatic hydroxyl groups excluding tert-OH is 1. The third-order valence-electron chi connectivity index (χ3n) is 11.8. The van der Waals surface area contributed by atoms with Crippen LogP contribution >= 0.6 is 0 Å². The second-order valence-corrected chi connectivity index (χ2v) is 12.8. The first-order valence-corrected chi connectivity index (χ1v) is 12.0. The van der Waals surface area contributed by atoms with E-state index in [9.17, 15) is 9.90 Å². The van der Waals surface area contributed by atoms with Gasteiger partial charge in [-0.05, 0) is 99.1 Å². The summed E-state index contributed by atoms with van der Waals surface area (Å²) in [5.74, 6) is 1.84. The lowest BCUT2D eigenvalue weighted by molar-refractivity contribution is -0.142. The van der Waals surface area contributed by atoms with E-state index >= 15 is 0 Å². The van der Waals surface area contributed by atoms with E-state index in [2.05, 4.69) is 59.7 Å². The minimum absolute atomic E-state index is 0.187. The van der Waals surface area contributed by atoms with Crippen molar-refractivity contribution in [1.82, 2.24) is 4.90 Å². The highest BCUT2D eigenvalue weighted by atomic mass is 16.3. The first kappa shape index (κ1) is 20.2. The molecule has 162 valence electrons. The fourth-order valence-electron chi connectivity index (χ4n) is 9.89. The quantitative estimate of drug-likeness (QED) is 0.732. The first-order chi connectivity index (χ1) is 13.4. The molecule has 2 spiro atoms. The van der Waals surface area contributed by atoms with Crippen molar-refractivity contribution >= 4 is 5.78 Å². The van der Waals surface area contributed by atoms with E-state index in [0.29, 0.717) is 35.0 Å². The lowest BCUT2D eigenvalue weighted by Gasteiger charge is -2.62. The van der Waals surface area contributed by atoms with E-state index < -0.39 is 0 Å². The fourth-order valence-corrected chi connectivity index (χ4v) is 9.89. The summed E-state index contributed by atoms with van der Waals surface area (Å²) in [5.41, 5.74) is 0.768. The topological polar surface area (TPSA) is 40.5 Å². The Morgan fingerprint density at radius 3 is 2.38 bits per heavy atom. The van der Waals surface area contributed by atoms with Crippen LogP contribution in [0.4, 0.5) is 0 Å². The summed E-state index contributed by atoms with van der Waals surface area (Å²) < 4.78 is 0. The van der Waals surface area contributed by atoms with Crippen molar-refractivity contribution in [1.29, 1.82) is 0 Å². The Labute approximate surface area is 177 Å². The van der Waals surface area contributed by atoms with Gasteiger partial charge in [0, 0.05) is 17.4 Å². The van der Waals surface area contributed by atoms with Gasteiger partial charge in [-0.25, -0.2) is 0 Å². The summed E-state index contributed by atoms with van der Waals surface area (Å²) in [5, 5.41) is 11.3. The van der Waals surface area contributed by atoms with E-state index in [1.54, 1.807) is 0 Å². The van der Waals surface area contributed by atoms with Crippen LogP contribution in [0.2, 0.25) is 0 Å². The Morgan fingerprint density at radius 1 is 1.07 bits per heavy atom. The smallest absolute Gasteiger partial charge is 0.161 e. The standard InChI is InChI=1S/C26H41NO2/c1-16(27(6)7)21-17(28)14-24(5)19-9-8-18-22(2,3)20(29)10-11-25(18)15-26(19,25)13-12-23(21,24)4/h10-11,16-19,21,28H,8-9,12-15H2,1-7H3/t16?,17?,18?,19?,21?,23-,24+,25?,26?/m1/s1. The average Bonchev–Trinajstić information content (AvgIpc) is 3.24. The van der Waals surface area contributed by atoms with E-state index in [1.165, 1.54) is 32.1 Å². The van der Waals surface area contributed by atoms with Crippen molar-refractivity contribution in [2.24, 2.45) is 44.8 Å². The van der Waals surface area contributed by atoms with Crippen molar-refractivity contribution in [3.05, 3.63) is 12.2 Å². The maximum atomic E-state index is 12.7. The molecule has 0 amide bonds. The Bertz CT molecular complexity index is 786. The van der Waals surface area contributed by atoms with Gasteiger partial charge >= 0.3 is 0 Å². The molecule has 4 fully saturated rings. The lowest BCUT2D eigenvalue weighted by atomic mass is 9.42. The third kappa shape index (κ3) is 2.06. The molecular formula is C26H41NO2. The lowest BCUT2D eigenvalue weighted by Crippen LogP contribution is -2.57. The fraction of sp³-hybridized carbons (Fsp3) is 0.885. The van der Waals surface area contributed by atoms with E-state index in [1.807, 2.05) is 6.08 Å². The number of carbonyl (C=O) groups excluding carboxylic acids is 1. The molecule has 5 rings (SSSR count). The normalized spacial score (nSPS) is 55.7. The highest BCUT2D eigenvalue weighted by molar-refractivity contribution is 5.96. The number of carbonyl (C=O) groups is 1. The number of allylic oxidation sites excluding steroid dienone is 2. The van der Waals surface area contributed by atoms with Gasteiger partial charge in [0.2, 0.25) is 0 Å². The SMILES string of the molecule is CC(C1C(O)C[C@@]2(C)C3CCC4C(C)(C)C(=O)C=CC45CC35CC[C@]12C)N(C)C. The molecular weight excluding hydrogens is 358 g/mol. The number of hydrogen-bond donors (Lipinski definition) is 1. The molecule has 0 aromatic carbocycles. The van der Waals surface area contributed by atoms with Crippen molar-refractivity contribution in [2.75, 3.05) is 14.1 Å². The van der Waals surface area contributed by atoms with Crippen LogP contribution < -0.4 is 0 Å². The van der Waals surface area contributed by atoms with Crippen LogP contribution in [0.1, 0.15) is 73.1 Å². The van der Waals surface area contributed by atoms with Gasteiger partial charge in [-0.15, -0.1) is 0 Å². The molecule has 4 saturated carbocycles. The average molecular weight is 400 g/mol. The Balaban J connectivity index is 1.56. The molecule has 0 aliphatic heterocycles. The predicted molar refractivity (Wildman–Crippen MR) is 116 cm³/mol. The van der Waals surface area contributed by atoms with Gasteiger partial charge in [0.15, 0.2) is 5.78 Å². The molecule has 29 heavy (non-hydrogen) atoms. The number of rotatable bonds is 2. The molecule has 3 nitrogen and oxygen atoms in total. The Kier molecular flexibility index (Phi) is 3.89. The Morgan fingerprint density at radius 2 is 1.72 bits per heavy atom. The monoisotopic (exact) mass is 399 g/mol. The maximum absolute atomic E-state index is 12.7. The first-order valence-electron chi connectivity index (χ1n) is 12.0. The second-order valence-electron chi connectivity index (χ2n) is 12.8. The van der Waals surface area contributed by atoms with Crippen LogP contribution in [0.3, 0.4) is 0 Å². The van der Waals surface area contributed by atoms with Crippen molar-refractivity contribution in [2.45, 2.75) is 85.3 Å². The molecule has 1 N–H and O–H groups in total. The van der Waals surface area contributed by atoms with Gasteiger partial charge in [0.05, 0.1) is 6.10 Å². The minimum atomic E-state index is -0.220. The zero-order valence-corrected chi connectivity index (χ0v) is 19.6. The predicted octanol–water partition coefficient (Wildman–Crippen LogP) is 4.69. The molecule has 3 heteroatoms. The summed E-state index contributed by atoms with van der Waals surface area (Å²) >= 11 is 0. The van der Waals surface area contributed by atoms with E-state index in [0.717, 1.165) is 6.42 Å². The number of aliphatic hydroxyl groups is 1. The van der Waals surface area contributed by atoms with Gasteiger partial charge < -0.3 is 10.0 Å². The molecule has 0 saturated heterocycles. The Hall–Kier alpha value is -0.670. The number of nitrogens with zero attached hydrogens (tertiary/aromatic N) is 1. The zero-order chi connectivity index (χ0) is 21.2. The largest absolute Gasteiger partial charge is 0.393 e. The van der Waals surface area contributed by atoms with Crippen molar-refractivity contribution < 1.29 is 9.90 Å². The van der Waals surface area contributed by atoms with E-state index in [4.69, 9.17) is 0 Å². The van der Waals surface area contributed by atoms with E-state index in [-0.39, 0.29) is 27.8 Å². The number of fused-ring (bicyclic) bond motifs is 2. The number of hydrogen-bond acceptors (Lipinski definition) is 3. The third-order valence-corrected chi connectivity index (χ3v) is 11.8. The number of ketones is 1. The van der Waals surface area contributed by atoms with Gasteiger partial charge in [-0.3, -0.25) is 4.79 Å². The summed E-state index contributed by atoms with van der Waals surface area (Å²) in [4.78, 5) is 15.0. The molecule has 0 heterocycles. The molecule has 7 unspecified atom stereocenters. The molecule has 0 bridgehead atoms. The summed E-state index contributed by atoms with van der Waals surface area (Å²) in [6.07, 6.45) is 11.2. The van der Waals surface area contributed by atoms with Crippen LogP contribution in [0.25, 0.3) is 0 Å². The molecule has 0 radical (unpaired) electrons. The molecule has 0 aromatic heterocycles. The van der Waals surface area contributed by atoms with Crippen LogP contribution in [0.15, 0.2) is 12.2 Å². The van der Waals surface area contributed by atoms with Gasteiger partial charge in [-0.1, -0.05) is 33.8 Å². The molecule has 9 atom stereocenters. The molecule has 0 aromatic rings. The van der Waals surface area contributed by atoms with Crippen molar-refractivity contribution in [3.63, 3.8) is 0 Å². The van der Waals surface area contributed by atoms with Crippen LogP contribution in [-0.4, -0.2) is 42.0 Å². The summed E-state index contributed by atoms with van der Waals surface area (Å²) in [7, 11) is 4.32. The van der Waals surface area contributed by atoms with Crippen molar-refractivity contribution in [3.8, 4) is 0 Å². The summed E-state index contributed by atoms with van der Waals surface area (Å²) in [6.45, 7) is 11.7. The minimum Gasteiger partial charge on any atom is -0.393 e. The highest BCUT2D eigenvalue weighted by Gasteiger charge is 2.82. The maximum Gasteiger partial charge on any atom is 0.161 e. The van der Waals surface area contributed by atoms with Crippen LogP contribution in [-0.2, 0) is 4.79 Å².